The number of aromatic nitrogens is 3. The van der Waals surface area contributed by atoms with E-state index in [1.54, 1.807) is 10.7 Å². The van der Waals surface area contributed by atoms with E-state index in [2.05, 4.69) is 10.1 Å². The van der Waals surface area contributed by atoms with Crippen LogP contribution in [0.3, 0.4) is 0 Å². The van der Waals surface area contributed by atoms with Gasteiger partial charge >= 0.3 is 5.97 Å². The third kappa shape index (κ3) is 4.28. The fourth-order valence-electron chi connectivity index (χ4n) is 2.70. The molecular formula is C17H19N5O5S2. The van der Waals surface area contributed by atoms with Crippen molar-refractivity contribution in [1.82, 2.24) is 14.3 Å². The summed E-state index contributed by atoms with van der Waals surface area (Å²) in [6.45, 7) is 3.58. The molecule has 0 atom stereocenters. The van der Waals surface area contributed by atoms with E-state index in [0.29, 0.717) is 15.9 Å². The van der Waals surface area contributed by atoms with E-state index < -0.39 is 21.9 Å². The molecular weight excluding hydrogens is 418 g/mol. The molecule has 12 heteroatoms. The molecule has 2 aromatic heterocycles. The third-order valence-corrected chi connectivity index (χ3v) is 6.03. The van der Waals surface area contributed by atoms with Gasteiger partial charge in [-0.3, -0.25) is 14.3 Å². The standard InChI is InChI=1S/C17H19N5O5S2/c1-10(2)22-13(6-7-19-22)16(24)20-17-21(9-15(23)27-3)12-5-4-11(29(18,25)26)8-14(12)28-17/h4-8,10H,9H2,1-3H3,(H2,18,25,26). The van der Waals surface area contributed by atoms with Gasteiger partial charge in [0.05, 0.1) is 22.2 Å². The highest BCUT2D eigenvalue weighted by Crippen LogP contribution is 2.21. The first-order chi connectivity index (χ1) is 13.6. The summed E-state index contributed by atoms with van der Waals surface area (Å²) in [5.41, 5.74) is 0.823. The van der Waals surface area contributed by atoms with Crippen LogP contribution in [0.4, 0.5) is 0 Å². The fourth-order valence-corrected chi connectivity index (χ4v) is 4.38. The van der Waals surface area contributed by atoms with E-state index in [9.17, 15) is 18.0 Å². The molecule has 0 aliphatic heterocycles. The average molecular weight is 438 g/mol. The molecule has 0 radical (unpaired) electrons. The smallest absolute Gasteiger partial charge is 0.325 e. The van der Waals surface area contributed by atoms with Crippen LogP contribution in [0.5, 0.6) is 0 Å². The SMILES string of the molecule is COC(=O)Cn1c(=NC(=O)c2ccnn2C(C)C)sc2cc(S(N)(=O)=O)ccc21. The first kappa shape index (κ1) is 20.9. The molecule has 3 rings (SSSR count). The minimum atomic E-state index is -3.90. The third-order valence-electron chi connectivity index (χ3n) is 4.07. The molecule has 0 saturated heterocycles. The van der Waals surface area contributed by atoms with Gasteiger partial charge in [-0.2, -0.15) is 10.1 Å². The zero-order valence-electron chi connectivity index (χ0n) is 15.9. The van der Waals surface area contributed by atoms with Crippen LogP contribution in [0.15, 0.2) is 40.4 Å². The average Bonchev–Trinajstić information content (AvgIpc) is 3.26. The van der Waals surface area contributed by atoms with Crippen molar-refractivity contribution >= 4 is 43.5 Å². The number of nitrogens with zero attached hydrogens (tertiary/aromatic N) is 4. The van der Waals surface area contributed by atoms with Gasteiger partial charge in [0.15, 0.2) is 4.80 Å². The molecule has 0 saturated carbocycles. The van der Waals surface area contributed by atoms with Gasteiger partial charge < -0.3 is 9.30 Å². The van der Waals surface area contributed by atoms with Gasteiger partial charge in [-0.05, 0) is 38.1 Å². The van der Waals surface area contributed by atoms with Crippen molar-refractivity contribution in [3.8, 4) is 0 Å². The number of nitrogens with two attached hydrogens (primary N) is 1. The summed E-state index contributed by atoms with van der Waals surface area (Å²) in [6, 6.07) is 5.74. The van der Waals surface area contributed by atoms with Crippen molar-refractivity contribution in [2.45, 2.75) is 31.3 Å². The lowest BCUT2D eigenvalue weighted by Gasteiger charge is -2.08. The molecule has 3 aromatic rings. The lowest BCUT2D eigenvalue weighted by molar-refractivity contribution is -0.141. The van der Waals surface area contributed by atoms with Gasteiger partial charge in [-0.1, -0.05) is 11.3 Å². The Labute approximate surface area is 170 Å². The number of carbonyl (C=O) groups is 2. The van der Waals surface area contributed by atoms with Gasteiger partial charge in [0.1, 0.15) is 12.2 Å². The zero-order chi connectivity index (χ0) is 21.3. The van der Waals surface area contributed by atoms with Crippen LogP contribution in [0.2, 0.25) is 0 Å². The molecule has 10 nitrogen and oxygen atoms in total. The van der Waals surface area contributed by atoms with Gasteiger partial charge in [0.2, 0.25) is 10.0 Å². The molecule has 0 aliphatic carbocycles. The number of hydrogen-bond acceptors (Lipinski definition) is 7. The first-order valence-electron chi connectivity index (χ1n) is 8.47. The van der Waals surface area contributed by atoms with Crippen molar-refractivity contribution < 1.29 is 22.7 Å². The van der Waals surface area contributed by atoms with E-state index in [-0.39, 0.29) is 22.3 Å². The monoisotopic (exact) mass is 437 g/mol. The Hall–Kier alpha value is -2.83. The Bertz CT molecular complexity index is 1270. The number of sulfonamides is 1. The van der Waals surface area contributed by atoms with Crippen LogP contribution in [-0.4, -0.2) is 41.8 Å². The zero-order valence-corrected chi connectivity index (χ0v) is 17.5. The predicted molar refractivity (Wildman–Crippen MR) is 106 cm³/mol. The molecule has 0 aliphatic rings. The van der Waals surface area contributed by atoms with E-state index in [1.165, 1.54) is 36.1 Å². The molecule has 0 spiro atoms. The number of thiazole rings is 1. The second-order valence-corrected chi connectivity index (χ2v) is 8.96. The second kappa shape index (κ2) is 7.89. The Morgan fingerprint density at radius 2 is 2.03 bits per heavy atom. The number of benzene rings is 1. The number of esters is 1. The molecule has 2 heterocycles. The van der Waals surface area contributed by atoms with Crippen LogP contribution in [0.25, 0.3) is 10.2 Å². The van der Waals surface area contributed by atoms with E-state index >= 15 is 0 Å². The minimum absolute atomic E-state index is 0.0407. The van der Waals surface area contributed by atoms with E-state index in [0.717, 1.165) is 11.3 Å². The molecule has 1 aromatic carbocycles. The van der Waals surface area contributed by atoms with Crippen LogP contribution in [0.1, 0.15) is 30.4 Å². The van der Waals surface area contributed by atoms with E-state index in [1.807, 2.05) is 13.8 Å². The van der Waals surface area contributed by atoms with Crippen molar-refractivity contribution in [2.24, 2.45) is 10.1 Å². The number of ether oxygens (including phenoxy) is 1. The summed E-state index contributed by atoms with van der Waals surface area (Å²) in [4.78, 5) is 28.9. The largest absolute Gasteiger partial charge is 0.468 e. The Balaban J connectivity index is 2.20. The van der Waals surface area contributed by atoms with E-state index in [4.69, 9.17) is 9.88 Å². The Kier molecular flexibility index (Phi) is 5.68. The summed E-state index contributed by atoms with van der Waals surface area (Å²) in [5.74, 6) is -1.07. The number of methoxy groups -OCH3 is 1. The molecule has 2 N–H and O–H groups in total. The summed E-state index contributed by atoms with van der Waals surface area (Å²) in [6.07, 6.45) is 1.51. The van der Waals surface area contributed by atoms with Gasteiger partial charge in [0, 0.05) is 12.2 Å². The topological polar surface area (TPSA) is 139 Å². The van der Waals surface area contributed by atoms with Crippen LogP contribution < -0.4 is 9.94 Å². The number of hydrogen-bond donors (Lipinski definition) is 1. The van der Waals surface area contributed by atoms with Gasteiger partial charge in [0.25, 0.3) is 5.91 Å². The van der Waals surface area contributed by atoms with Crippen LogP contribution in [-0.2, 0) is 26.1 Å². The lowest BCUT2D eigenvalue weighted by Crippen LogP contribution is -2.23. The number of primary sulfonamides is 1. The van der Waals surface area contributed by atoms with Gasteiger partial charge in [-0.15, -0.1) is 0 Å². The molecule has 0 fully saturated rings. The highest BCUT2D eigenvalue weighted by molar-refractivity contribution is 7.89. The maximum Gasteiger partial charge on any atom is 0.325 e. The van der Waals surface area contributed by atoms with Gasteiger partial charge in [-0.25, -0.2) is 13.6 Å². The summed E-state index contributed by atoms with van der Waals surface area (Å²) < 4.78 is 31.5. The Morgan fingerprint density at radius 3 is 2.66 bits per heavy atom. The van der Waals surface area contributed by atoms with Crippen molar-refractivity contribution in [2.75, 3.05) is 7.11 Å². The molecule has 0 bridgehead atoms. The fraction of sp³-hybridized carbons (Fsp3) is 0.294. The van der Waals surface area contributed by atoms with Crippen LogP contribution >= 0.6 is 11.3 Å². The summed E-state index contributed by atoms with van der Waals surface area (Å²) in [7, 11) is -2.65. The summed E-state index contributed by atoms with van der Waals surface area (Å²) >= 11 is 1.06. The highest BCUT2D eigenvalue weighted by atomic mass is 32.2. The first-order valence-corrected chi connectivity index (χ1v) is 10.8. The quantitative estimate of drug-likeness (QED) is 0.592. The normalized spacial score (nSPS) is 12.7. The number of fused-ring (bicyclic) bond motifs is 1. The minimum Gasteiger partial charge on any atom is -0.468 e. The number of amides is 1. The predicted octanol–water partition coefficient (Wildman–Crippen LogP) is 1.04. The van der Waals surface area contributed by atoms with Crippen molar-refractivity contribution in [3.63, 3.8) is 0 Å². The van der Waals surface area contributed by atoms with Crippen molar-refractivity contribution in [3.05, 3.63) is 41.0 Å². The molecule has 29 heavy (non-hydrogen) atoms. The number of rotatable bonds is 5. The lowest BCUT2D eigenvalue weighted by atomic mass is 10.3. The Morgan fingerprint density at radius 1 is 1.31 bits per heavy atom. The maximum atomic E-state index is 12.7. The summed E-state index contributed by atoms with van der Waals surface area (Å²) in [5, 5.41) is 9.32. The maximum absolute atomic E-state index is 12.7. The van der Waals surface area contributed by atoms with Crippen molar-refractivity contribution in [1.29, 1.82) is 0 Å². The molecule has 1 amide bonds. The second-order valence-electron chi connectivity index (χ2n) is 6.39. The van der Waals surface area contributed by atoms with Crippen LogP contribution in [0, 0.1) is 0 Å². The highest BCUT2D eigenvalue weighted by Gasteiger charge is 2.17. The molecule has 0 unspecified atom stereocenters. The molecule has 154 valence electrons. The number of carbonyl (C=O) groups excluding carboxylic acids is 2.